The third-order valence-electron chi connectivity index (χ3n) is 3.73. The third-order valence-corrected chi connectivity index (χ3v) is 3.73. The maximum absolute atomic E-state index is 12.0. The molecule has 1 aromatic rings. The summed E-state index contributed by atoms with van der Waals surface area (Å²) >= 11 is 0. The van der Waals surface area contributed by atoms with Crippen molar-refractivity contribution in [2.75, 3.05) is 18.7 Å². The van der Waals surface area contributed by atoms with Crippen molar-refractivity contribution in [1.29, 1.82) is 0 Å². The number of hydrogen-bond acceptors (Lipinski definition) is 5. The SMILES string of the molecule is CC1C=CC(CO)ON1c1ccc2c(c1)C(=O)N(C)C2=O. The molecule has 0 bridgehead atoms. The molecule has 21 heavy (non-hydrogen) atoms. The van der Waals surface area contributed by atoms with Gasteiger partial charge in [-0.15, -0.1) is 0 Å². The standard InChI is InChI=1S/C15H16N2O4/c1-9-3-5-11(8-18)21-17(9)10-4-6-12-13(7-10)15(20)16(2)14(12)19/h3-7,9,11,18H,8H2,1-2H3. The van der Waals surface area contributed by atoms with Gasteiger partial charge >= 0.3 is 0 Å². The highest BCUT2D eigenvalue weighted by Crippen LogP contribution is 2.29. The Balaban J connectivity index is 1.97. The smallest absolute Gasteiger partial charge is 0.261 e. The quantitative estimate of drug-likeness (QED) is 0.648. The fraction of sp³-hybridized carbons (Fsp3) is 0.333. The summed E-state index contributed by atoms with van der Waals surface area (Å²) in [6, 6.07) is 5.00. The maximum atomic E-state index is 12.0. The summed E-state index contributed by atoms with van der Waals surface area (Å²) < 4.78 is 0. The molecule has 1 aromatic carbocycles. The Hall–Kier alpha value is -2.18. The van der Waals surface area contributed by atoms with Gasteiger partial charge in [-0.05, 0) is 25.1 Å². The molecule has 1 N–H and O–H groups in total. The number of aliphatic hydroxyl groups excluding tert-OH is 1. The number of amides is 2. The normalized spacial score (nSPS) is 24.7. The summed E-state index contributed by atoms with van der Waals surface area (Å²) in [6.45, 7) is 1.82. The van der Waals surface area contributed by atoms with Crippen LogP contribution in [0.5, 0.6) is 0 Å². The van der Waals surface area contributed by atoms with Gasteiger partial charge in [-0.1, -0.05) is 12.2 Å². The van der Waals surface area contributed by atoms with Gasteiger partial charge in [-0.2, -0.15) is 0 Å². The Bertz CT molecular complexity index is 641. The Labute approximate surface area is 122 Å². The average molecular weight is 288 g/mol. The summed E-state index contributed by atoms with van der Waals surface area (Å²) in [4.78, 5) is 30.7. The Morgan fingerprint density at radius 2 is 1.90 bits per heavy atom. The first kappa shape index (κ1) is 13.8. The Kier molecular flexibility index (Phi) is 3.27. The first-order valence-electron chi connectivity index (χ1n) is 6.74. The van der Waals surface area contributed by atoms with Gasteiger partial charge in [0, 0.05) is 7.05 Å². The molecule has 6 heteroatoms. The monoisotopic (exact) mass is 288 g/mol. The van der Waals surface area contributed by atoms with Crippen molar-refractivity contribution < 1.29 is 19.5 Å². The van der Waals surface area contributed by atoms with Gasteiger partial charge in [-0.3, -0.25) is 19.3 Å². The van der Waals surface area contributed by atoms with E-state index in [1.165, 1.54) is 7.05 Å². The lowest BCUT2D eigenvalue weighted by Crippen LogP contribution is -2.40. The van der Waals surface area contributed by atoms with Crippen molar-refractivity contribution in [3.8, 4) is 0 Å². The Morgan fingerprint density at radius 3 is 2.62 bits per heavy atom. The van der Waals surface area contributed by atoms with Crippen LogP contribution < -0.4 is 5.06 Å². The molecular formula is C15H16N2O4. The first-order valence-corrected chi connectivity index (χ1v) is 6.74. The van der Waals surface area contributed by atoms with Crippen LogP contribution in [-0.2, 0) is 4.84 Å². The van der Waals surface area contributed by atoms with Gasteiger partial charge in [0.2, 0.25) is 0 Å². The van der Waals surface area contributed by atoms with E-state index in [4.69, 9.17) is 4.84 Å². The fourth-order valence-electron chi connectivity index (χ4n) is 2.52. The van der Waals surface area contributed by atoms with Crippen LogP contribution in [-0.4, -0.2) is 47.6 Å². The van der Waals surface area contributed by atoms with Gasteiger partial charge < -0.3 is 5.11 Å². The van der Waals surface area contributed by atoms with Crippen LogP contribution >= 0.6 is 0 Å². The predicted octanol–water partition coefficient (Wildman–Crippen LogP) is 0.970. The van der Waals surface area contributed by atoms with Crippen LogP contribution in [0.4, 0.5) is 5.69 Å². The molecule has 0 spiro atoms. The van der Waals surface area contributed by atoms with Crippen molar-refractivity contribution in [3.63, 3.8) is 0 Å². The lowest BCUT2D eigenvalue weighted by Gasteiger charge is -2.34. The van der Waals surface area contributed by atoms with E-state index >= 15 is 0 Å². The highest BCUT2D eigenvalue weighted by atomic mass is 16.7. The summed E-state index contributed by atoms with van der Waals surface area (Å²) in [6.07, 6.45) is 3.32. The van der Waals surface area contributed by atoms with Gasteiger partial charge in [0.1, 0.15) is 6.10 Å². The summed E-state index contributed by atoms with van der Waals surface area (Å²) in [5, 5.41) is 10.8. The molecular weight excluding hydrogens is 272 g/mol. The molecule has 0 saturated heterocycles. The number of carbonyl (C=O) groups is 2. The minimum atomic E-state index is -0.408. The van der Waals surface area contributed by atoms with E-state index in [0.29, 0.717) is 16.8 Å². The van der Waals surface area contributed by atoms with E-state index in [1.807, 2.05) is 13.0 Å². The van der Waals surface area contributed by atoms with Gasteiger partial charge in [0.05, 0.1) is 29.5 Å². The van der Waals surface area contributed by atoms with E-state index in [1.54, 1.807) is 29.3 Å². The zero-order chi connectivity index (χ0) is 15.1. The second kappa shape index (κ2) is 4.98. The highest BCUT2D eigenvalue weighted by molar-refractivity contribution is 6.21. The van der Waals surface area contributed by atoms with Crippen molar-refractivity contribution in [1.82, 2.24) is 4.90 Å². The van der Waals surface area contributed by atoms with Crippen LogP contribution in [0, 0.1) is 0 Å². The topological polar surface area (TPSA) is 70.1 Å². The van der Waals surface area contributed by atoms with Crippen LogP contribution in [0.1, 0.15) is 27.6 Å². The molecule has 0 radical (unpaired) electrons. The predicted molar refractivity (Wildman–Crippen MR) is 75.9 cm³/mol. The number of imide groups is 1. The zero-order valence-electron chi connectivity index (χ0n) is 11.8. The molecule has 3 rings (SSSR count). The number of fused-ring (bicyclic) bond motifs is 1. The van der Waals surface area contributed by atoms with Crippen LogP contribution in [0.3, 0.4) is 0 Å². The van der Waals surface area contributed by atoms with E-state index in [-0.39, 0.29) is 24.5 Å². The summed E-state index contributed by atoms with van der Waals surface area (Å²) in [5.41, 5.74) is 1.47. The number of anilines is 1. The molecule has 2 atom stereocenters. The van der Waals surface area contributed by atoms with Gasteiger partial charge in [-0.25, -0.2) is 5.06 Å². The van der Waals surface area contributed by atoms with Crippen molar-refractivity contribution >= 4 is 17.5 Å². The van der Waals surface area contributed by atoms with E-state index in [2.05, 4.69) is 0 Å². The van der Waals surface area contributed by atoms with Gasteiger partial charge in [0.25, 0.3) is 11.8 Å². The average Bonchev–Trinajstić information content (AvgIpc) is 2.72. The number of hydroxylamine groups is 1. The minimum Gasteiger partial charge on any atom is -0.393 e. The molecule has 6 nitrogen and oxygen atoms in total. The summed E-state index contributed by atoms with van der Waals surface area (Å²) in [7, 11) is 1.47. The molecule has 2 amide bonds. The number of benzene rings is 1. The van der Waals surface area contributed by atoms with E-state index in [0.717, 1.165) is 4.90 Å². The summed E-state index contributed by atoms with van der Waals surface area (Å²) in [5.74, 6) is -0.599. The number of rotatable bonds is 2. The molecule has 2 heterocycles. The zero-order valence-corrected chi connectivity index (χ0v) is 11.8. The molecule has 0 saturated carbocycles. The van der Waals surface area contributed by atoms with Crippen molar-refractivity contribution in [2.45, 2.75) is 19.1 Å². The Morgan fingerprint density at radius 1 is 1.19 bits per heavy atom. The molecule has 110 valence electrons. The maximum Gasteiger partial charge on any atom is 0.261 e. The molecule has 0 aliphatic carbocycles. The first-order chi connectivity index (χ1) is 10.0. The third kappa shape index (κ3) is 2.12. The fourth-order valence-corrected chi connectivity index (χ4v) is 2.52. The highest BCUT2D eigenvalue weighted by Gasteiger charge is 2.34. The second-order valence-corrected chi connectivity index (χ2v) is 5.18. The minimum absolute atomic E-state index is 0.0317. The molecule has 0 fully saturated rings. The lowest BCUT2D eigenvalue weighted by molar-refractivity contribution is 0.0108. The molecule has 2 aliphatic rings. The van der Waals surface area contributed by atoms with E-state index in [9.17, 15) is 14.7 Å². The number of hydrogen-bond donors (Lipinski definition) is 1. The van der Waals surface area contributed by atoms with Crippen LogP contribution in [0.2, 0.25) is 0 Å². The van der Waals surface area contributed by atoms with Crippen LogP contribution in [0.25, 0.3) is 0 Å². The molecule has 2 aliphatic heterocycles. The van der Waals surface area contributed by atoms with E-state index < -0.39 is 6.10 Å². The number of carbonyl (C=O) groups excluding carboxylic acids is 2. The molecule has 0 aromatic heterocycles. The lowest BCUT2D eigenvalue weighted by atomic mass is 10.1. The molecule has 2 unspecified atom stereocenters. The second-order valence-electron chi connectivity index (χ2n) is 5.18. The largest absolute Gasteiger partial charge is 0.393 e. The van der Waals surface area contributed by atoms with Crippen LogP contribution in [0.15, 0.2) is 30.4 Å². The van der Waals surface area contributed by atoms with Crippen molar-refractivity contribution in [2.24, 2.45) is 0 Å². The number of nitrogens with zero attached hydrogens (tertiary/aromatic N) is 2. The number of aliphatic hydroxyl groups is 1. The van der Waals surface area contributed by atoms with Gasteiger partial charge in [0.15, 0.2) is 0 Å². The van der Waals surface area contributed by atoms with Crippen molar-refractivity contribution in [3.05, 3.63) is 41.5 Å².